The van der Waals surface area contributed by atoms with Crippen molar-refractivity contribution in [3.05, 3.63) is 73.7 Å². The molecule has 2 nitrogen and oxygen atoms in total. The first-order chi connectivity index (χ1) is 14.6. The maximum Gasteiger partial charge on any atom is 0.417 e. The van der Waals surface area contributed by atoms with Crippen LogP contribution in [0.4, 0.5) is 26.3 Å². The fourth-order valence-corrected chi connectivity index (χ4v) is 3.07. The highest BCUT2D eigenvalue weighted by atomic mass is 35.5. The van der Waals surface area contributed by atoms with Gasteiger partial charge in [-0.1, -0.05) is 53.0 Å². The lowest BCUT2D eigenvalue weighted by Crippen LogP contribution is -2.19. The lowest BCUT2D eigenvalue weighted by atomic mass is 9.96. The summed E-state index contributed by atoms with van der Waals surface area (Å²) < 4.78 is 79.6. The van der Waals surface area contributed by atoms with E-state index in [1.165, 1.54) is 0 Å². The van der Waals surface area contributed by atoms with Gasteiger partial charge in [-0.15, -0.1) is 23.2 Å². The summed E-state index contributed by atoms with van der Waals surface area (Å²) in [5.41, 5.74) is -3.14. The summed E-state index contributed by atoms with van der Waals surface area (Å²) in [5.74, 6) is -4.06. The van der Waals surface area contributed by atoms with Crippen LogP contribution in [0.15, 0.2) is 36.4 Å². The summed E-state index contributed by atoms with van der Waals surface area (Å²) in [5, 5.41) is 8.48. The molecule has 13 heteroatoms. The van der Waals surface area contributed by atoms with Crippen molar-refractivity contribution < 1.29 is 36.2 Å². The molecule has 0 radical (unpaired) electrons. The number of benzene rings is 2. The lowest BCUT2D eigenvalue weighted by molar-refractivity contribution is -0.139. The highest BCUT2D eigenvalue weighted by Gasteiger charge is 2.39. The van der Waals surface area contributed by atoms with Gasteiger partial charge >= 0.3 is 18.3 Å². The second-order valence-electron chi connectivity index (χ2n) is 5.89. The Morgan fingerprint density at radius 1 is 0.969 bits per heavy atom. The molecular formula is C19H11Cl5F6O2. The van der Waals surface area contributed by atoms with Gasteiger partial charge in [-0.2, -0.15) is 26.3 Å². The Morgan fingerprint density at radius 2 is 1.47 bits per heavy atom. The van der Waals surface area contributed by atoms with E-state index in [4.69, 9.17) is 63.1 Å². The highest BCUT2D eigenvalue weighted by molar-refractivity contribution is 6.48. The average Bonchev–Trinajstić information content (AvgIpc) is 2.64. The Hall–Kier alpha value is -1.32. The van der Waals surface area contributed by atoms with Crippen LogP contribution in [0.25, 0.3) is 6.08 Å². The molecule has 0 spiro atoms. The van der Waals surface area contributed by atoms with Crippen molar-refractivity contribution in [3.8, 4) is 0 Å². The quantitative estimate of drug-likeness (QED) is 0.229. The summed E-state index contributed by atoms with van der Waals surface area (Å²) in [6.45, 7) is 0. The Morgan fingerprint density at radius 3 is 1.88 bits per heavy atom. The lowest BCUT2D eigenvalue weighted by Gasteiger charge is -2.18. The second kappa shape index (κ2) is 11.7. The zero-order valence-corrected chi connectivity index (χ0v) is 19.1. The number of carboxylic acids is 1. The van der Waals surface area contributed by atoms with E-state index in [9.17, 15) is 31.1 Å². The van der Waals surface area contributed by atoms with E-state index in [0.29, 0.717) is 18.2 Å². The van der Waals surface area contributed by atoms with Crippen molar-refractivity contribution in [1.29, 1.82) is 0 Å². The van der Waals surface area contributed by atoms with Gasteiger partial charge in [0.15, 0.2) is 0 Å². The molecule has 176 valence electrons. The molecule has 0 aromatic heterocycles. The van der Waals surface area contributed by atoms with Gasteiger partial charge in [-0.25, -0.2) is 4.79 Å². The molecular weight excluding hydrogens is 551 g/mol. The van der Waals surface area contributed by atoms with E-state index in [-0.39, 0.29) is 31.5 Å². The summed E-state index contributed by atoms with van der Waals surface area (Å²) in [7, 11) is 0. The van der Waals surface area contributed by atoms with Gasteiger partial charge in [0, 0.05) is 0 Å². The predicted molar refractivity (Wildman–Crippen MR) is 114 cm³/mol. The molecule has 0 saturated carbocycles. The molecule has 0 aliphatic rings. The largest absolute Gasteiger partial charge is 0.478 e. The first-order valence-electron chi connectivity index (χ1n) is 8.09. The Labute approximate surface area is 203 Å². The summed E-state index contributed by atoms with van der Waals surface area (Å²) >= 11 is 26.8. The molecule has 0 heterocycles. The van der Waals surface area contributed by atoms with Crippen LogP contribution in [-0.4, -0.2) is 22.6 Å². The molecule has 1 N–H and O–H groups in total. The molecule has 0 fully saturated rings. The number of hydrogen-bond donors (Lipinski definition) is 1. The number of carbonyl (C=O) groups is 1. The van der Waals surface area contributed by atoms with Crippen molar-refractivity contribution in [3.63, 3.8) is 0 Å². The fourth-order valence-electron chi connectivity index (χ4n) is 2.46. The summed E-state index contributed by atoms with van der Waals surface area (Å²) in [6.07, 6.45) is -8.40. The zero-order valence-electron chi connectivity index (χ0n) is 15.3. The highest BCUT2D eigenvalue weighted by Crippen LogP contribution is 2.41. The number of allylic oxidation sites excluding steroid dienone is 1. The third-order valence-electron chi connectivity index (χ3n) is 3.78. The van der Waals surface area contributed by atoms with Crippen LogP contribution in [-0.2, 0) is 6.18 Å². The van der Waals surface area contributed by atoms with E-state index in [2.05, 4.69) is 0 Å². The maximum absolute atomic E-state index is 13.5. The first-order valence-corrected chi connectivity index (χ1v) is 10.3. The van der Waals surface area contributed by atoms with Gasteiger partial charge in [0.2, 0.25) is 0 Å². The van der Waals surface area contributed by atoms with E-state index in [1.807, 2.05) is 0 Å². The molecule has 0 bridgehead atoms. The average molecular weight is 563 g/mol. The third kappa shape index (κ3) is 7.92. The molecule has 2 rings (SSSR count). The minimum atomic E-state index is -5.00. The van der Waals surface area contributed by atoms with Crippen LogP contribution in [0, 0.1) is 0 Å². The third-order valence-corrected chi connectivity index (χ3v) is 4.98. The maximum atomic E-state index is 13.5. The van der Waals surface area contributed by atoms with E-state index in [1.54, 1.807) is 0 Å². The molecule has 0 aliphatic carbocycles. The minimum Gasteiger partial charge on any atom is -0.478 e. The van der Waals surface area contributed by atoms with Crippen LogP contribution < -0.4 is 0 Å². The predicted octanol–water partition coefficient (Wildman–Crippen LogP) is 9.14. The standard InChI is InChI=1S/C18H9Cl3F6O2.CH2Cl2/c19-13-6-9(7-14(20)15(13)21)11(17(22,23)24)4-2-8-1-3-10(16(28)29)12(5-8)18(25,26)27;2-1-3/h1-7,11H,(H,28,29);1H2/b4-2+;. The van der Waals surface area contributed by atoms with Crippen LogP contribution in [0.2, 0.25) is 15.1 Å². The monoisotopic (exact) mass is 560 g/mol. The van der Waals surface area contributed by atoms with Gasteiger partial charge in [-0.3, -0.25) is 0 Å². The Bertz CT molecular complexity index is 966. The van der Waals surface area contributed by atoms with Gasteiger partial charge in [0.1, 0.15) is 0 Å². The van der Waals surface area contributed by atoms with Gasteiger partial charge in [-0.05, 0) is 35.4 Å². The topological polar surface area (TPSA) is 37.3 Å². The zero-order chi connectivity index (χ0) is 24.9. The van der Waals surface area contributed by atoms with E-state index >= 15 is 0 Å². The number of aromatic carboxylic acids is 1. The molecule has 2 aromatic carbocycles. The van der Waals surface area contributed by atoms with Crippen LogP contribution >= 0.6 is 58.0 Å². The molecule has 32 heavy (non-hydrogen) atoms. The van der Waals surface area contributed by atoms with Gasteiger partial charge < -0.3 is 5.11 Å². The summed E-state index contributed by atoms with van der Waals surface area (Å²) in [4.78, 5) is 11.0. The van der Waals surface area contributed by atoms with E-state index < -0.39 is 35.4 Å². The number of hydrogen-bond acceptors (Lipinski definition) is 1. The SMILES string of the molecule is ClCCl.O=C(O)c1ccc(/C=C/C(c2cc(Cl)c(Cl)c(Cl)c2)C(F)(F)F)cc1C(F)(F)F. The number of carboxylic acid groups (broad SMARTS) is 1. The van der Waals surface area contributed by atoms with Crippen molar-refractivity contribution >= 4 is 70.1 Å². The first kappa shape index (κ1) is 28.7. The van der Waals surface area contributed by atoms with Crippen molar-refractivity contribution in [1.82, 2.24) is 0 Å². The smallest absolute Gasteiger partial charge is 0.417 e. The van der Waals surface area contributed by atoms with Crippen molar-refractivity contribution in [2.24, 2.45) is 0 Å². The molecule has 0 amide bonds. The molecule has 0 saturated heterocycles. The van der Waals surface area contributed by atoms with E-state index in [0.717, 1.165) is 24.3 Å². The number of alkyl halides is 8. The number of halogens is 11. The molecule has 1 unspecified atom stereocenters. The van der Waals surface area contributed by atoms with Gasteiger partial charge in [0.05, 0.1) is 37.5 Å². The Balaban J connectivity index is 0.00000161. The van der Waals surface area contributed by atoms with Crippen LogP contribution in [0.3, 0.4) is 0 Å². The van der Waals surface area contributed by atoms with Gasteiger partial charge in [0.25, 0.3) is 0 Å². The van der Waals surface area contributed by atoms with Crippen molar-refractivity contribution in [2.75, 3.05) is 5.34 Å². The summed E-state index contributed by atoms with van der Waals surface area (Å²) in [6, 6.07) is 3.99. The normalized spacial score (nSPS) is 13.0. The molecule has 0 aliphatic heterocycles. The number of rotatable bonds is 4. The Kier molecular flexibility index (Phi) is 10.5. The van der Waals surface area contributed by atoms with Crippen LogP contribution in [0.1, 0.15) is 33.0 Å². The second-order valence-corrected chi connectivity index (χ2v) is 7.89. The fraction of sp³-hybridized carbons (Fsp3) is 0.211. The molecule has 2 aromatic rings. The van der Waals surface area contributed by atoms with Crippen molar-refractivity contribution in [2.45, 2.75) is 18.3 Å². The minimum absolute atomic E-state index is 0.138. The van der Waals surface area contributed by atoms with Crippen LogP contribution in [0.5, 0.6) is 0 Å². The molecule has 1 atom stereocenters.